The fourth-order valence-corrected chi connectivity index (χ4v) is 1.44. The second kappa shape index (κ2) is 4.02. The number of benzene rings is 1. The topological polar surface area (TPSA) is 39.2 Å². The minimum absolute atomic E-state index is 0.362. The quantitative estimate of drug-likeness (QED) is 0.558. The Balaban J connectivity index is 2.10. The number of nitrogens with zero attached hydrogens (tertiary/aromatic N) is 1. The molecule has 0 radical (unpaired) electrons. The van der Waals surface area contributed by atoms with Crippen LogP contribution in [0.4, 0.5) is 0 Å². The van der Waals surface area contributed by atoms with Gasteiger partial charge in [-0.05, 0) is 29.7 Å². The molecule has 0 spiro atoms. The summed E-state index contributed by atoms with van der Waals surface area (Å²) in [5.41, 5.74) is 0. The van der Waals surface area contributed by atoms with Crippen molar-refractivity contribution in [2.75, 3.05) is 0 Å². The Labute approximate surface area is 85.1 Å². The zero-order valence-electron chi connectivity index (χ0n) is 7.21. The van der Waals surface area contributed by atoms with Gasteiger partial charge in [-0.25, -0.2) is 9.17 Å². The van der Waals surface area contributed by atoms with Crippen LogP contribution in [0, 0.1) is 0 Å². The van der Waals surface area contributed by atoms with E-state index < -0.39 is 0 Å². The molecule has 70 valence electrons. The molecule has 0 unspecified atom stereocenters. The number of aromatic nitrogens is 1. The third-order valence-corrected chi connectivity index (χ3v) is 2.32. The summed E-state index contributed by atoms with van der Waals surface area (Å²) in [6.07, 6.45) is 1.58. The summed E-state index contributed by atoms with van der Waals surface area (Å²) in [5.74, 6) is 0.185. The fourth-order valence-electron chi connectivity index (χ4n) is 0.967. The first-order valence-electron chi connectivity index (χ1n) is 4.04. The standard InChI is InChI=1S/C10H7NO2S/c12-10(9-6-7-11-14-9)13-8-4-2-1-3-5-8/h1-7H. The van der Waals surface area contributed by atoms with Crippen molar-refractivity contribution < 1.29 is 9.53 Å². The lowest BCUT2D eigenvalue weighted by Crippen LogP contribution is -2.05. The molecule has 1 aromatic carbocycles. The predicted octanol–water partition coefficient (Wildman–Crippen LogP) is 2.36. The van der Waals surface area contributed by atoms with Gasteiger partial charge >= 0.3 is 5.97 Å². The van der Waals surface area contributed by atoms with E-state index in [1.54, 1.807) is 24.4 Å². The van der Waals surface area contributed by atoms with Gasteiger partial charge in [-0.3, -0.25) is 0 Å². The second-order valence-electron chi connectivity index (χ2n) is 2.58. The van der Waals surface area contributed by atoms with Crippen molar-refractivity contribution in [2.45, 2.75) is 0 Å². The highest BCUT2D eigenvalue weighted by Gasteiger charge is 2.09. The molecular formula is C10H7NO2S. The number of hydrogen-bond donors (Lipinski definition) is 0. The molecular weight excluding hydrogens is 198 g/mol. The van der Waals surface area contributed by atoms with E-state index in [1.165, 1.54) is 0 Å². The summed E-state index contributed by atoms with van der Waals surface area (Å²) in [7, 11) is 0. The smallest absolute Gasteiger partial charge is 0.355 e. The summed E-state index contributed by atoms with van der Waals surface area (Å²) in [6.45, 7) is 0. The average Bonchev–Trinajstić information content (AvgIpc) is 2.72. The van der Waals surface area contributed by atoms with E-state index in [0.29, 0.717) is 10.6 Å². The number of para-hydroxylation sites is 1. The van der Waals surface area contributed by atoms with Crippen molar-refractivity contribution in [1.82, 2.24) is 4.37 Å². The molecule has 14 heavy (non-hydrogen) atoms. The molecule has 4 heteroatoms. The van der Waals surface area contributed by atoms with Crippen molar-refractivity contribution in [3.63, 3.8) is 0 Å². The van der Waals surface area contributed by atoms with E-state index >= 15 is 0 Å². The highest BCUT2D eigenvalue weighted by molar-refractivity contribution is 7.07. The number of carbonyl (C=O) groups excluding carboxylic acids is 1. The van der Waals surface area contributed by atoms with Crippen LogP contribution in [0.3, 0.4) is 0 Å². The van der Waals surface area contributed by atoms with E-state index in [2.05, 4.69) is 4.37 Å². The lowest BCUT2D eigenvalue weighted by Gasteiger charge is -2.00. The third kappa shape index (κ3) is 1.97. The molecule has 0 N–H and O–H groups in total. The fraction of sp³-hybridized carbons (Fsp3) is 0. The highest BCUT2D eigenvalue weighted by Crippen LogP contribution is 2.13. The third-order valence-electron chi connectivity index (χ3n) is 1.59. The van der Waals surface area contributed by atoms with Crippen LogP contribution in [0.1, 0.15) is 9.67 Å². The van der Waals surface area contributed by atoms with Gasteiger partial charge in [0.05, 0.1) is 0 Å². The minimum Gasteiger partial charge on any atom is -0.422 e. The zero-order chi connectivity index (χ0) is 9.80. The van der Waals surface area contributed by atoms with Gasteiger partial charge in [0.25, 0.3) is 0 Å². The van der Waals surface area contributed by atoms with Gasteiger partial charge in [0, 0.05) is 6.20 Å². The molecule has 0 atom stereocenters. The Bertz CT molecular complexity index is 411. The first kappa shape index (κ1) is 8.90. The minimum atomic E-state index is -0.362. The summed E-state index contributed by atoms with van der Waals surface area (Å²) >= 11 is 1.13. The Hall–Kier alpha value is -1.68. The number of rotatable bonds is 2. The van der Waals surface area contributed by atoms with E-state index in [1.807, 2.05) is 18.2 Å². The molecule has 1 aromatic heterocycles. The molecule has 0 fully saturated rings. The van der Waals surface area contributed by atoms with Crippen LogP contribution in [0.2, 0.25) is 0 Å². The SMILES string of the molecule is O=C(Oc1ccccc1)c1ccns1. The van der Waals surface area contributed by atoms with Crippen LogP contribution in [-0.2, 0) is 0 Å². The first-order chi connectivity index (χ1) is 6.86. The van der Waals surface area contributed by atoms with Gasteiger partial charge in [-0.1, -0.05) is 18.2 Å². The number of hydrogen-bond acceptors (Lipinski definition) is 4. The van der Waals surface area contributed by atoms with E-state index in [9.17, 15) is 4.79 Å². The Morgan fingerprint density at radius 2 is 2.00 bits per heavy atom. The number of esters is 1. The van der Waals surface area contributed by atoms with Crippen molar-refractivity contribution in [3.05, 3.63) is 47.5 Å². The molecule has 0 saturated heterocycles. The molecule has 2 rings (SSSR count). The second-order valence-corrected chi connectivity index (χ2v) is 3.41. The van der Waals surface area contributed by atoms with Crippen molar-refractivity contribution >= 4 is 17.5 Å². The van der Waals surface area contributed by atoms with Crippen molar-refractivity contribution in [1.29, 1.82) is 0 Å². The first-order valence-corrected chi connectivity index (χ1v) is 4.81. The lowest BCUT2D eigenvalue weighted by atomic mass is 10.3. The molecule has 0 aliphatic carbocycles. The Kier molecular flexibility index (Phi) is 2.55. The monoisotopic (exact) mass is 205 g/mol. The van der Waals surface area contributed by atoms with Crippen LogP contribution in [0.25, 0.3) is 0 Å². The lowest BCUT2D eigenvalue weighted by molar-refractivity contribution is 0.0740. The highest BCUT2D eigenvalue weighted by atomic mass is 32.1. The van der Waals surface area contributed by atoms with Gasteiger partial charge in [0.1, 0.15) is 10.6 Å². The Morgan fingerprint density at radius 3 is 2.64 bits per heavy atom. The maximum Gasteiger partial charge on any atom is 0.355 e. The normalized spacial score (nSPS) is 9.71. The number of ether oxygens (including phenoxy) is 1. The molecule has 0 saturated carbocycles. The Morgan fingerprint density at radius 1 is 1.21 bits per heavy atom. The maximum atomic E-state index is 11.4. The van der Waals surface area contributed by atoms with Crippen LogP contribution in [0.15, 0.2) is 42.6 Å². The van der Waals surface area contributed by atoms with Crippen molar-refractivity contribution in [2.24, 2.45) is 0 Å². The molecule has 0 amide bonds. The largest absolute Gasteiger partial charge is 0.422 e. The van der Waals surface area contributed by atoms with Gasteiger partial charge in [0.2, 0.25) is 0 Å². The van der Waals surface area contributed by atoms with Gasteiger partial charge in [-0.15, -0.1) is 0 Å². The van der Waals surface area contributed by atoms with Gasteiger partial charge in [0.15, 0.2) is 0 Å². The predicted molar refractivity (Wildman–Crippen MR) is 53.5 cm³/mol. The van der Waals surface area contributed by atoms with E-state index in [-0.39, 0.29) is 5.97 Å². The van der Waals surface area contributed by atoms with Crippen LogP contribution in [0.5, 0.6) is 5.75 Å². The summed E-state index contributed by atoms with van der Waals surface area (Å²) in [6, 6.07) is 10.6. The van der Waals surface area contributed by atoms with E-state index in [0.717, 1.165) is 11.5 Å². The number of carbonyl (C=O) groups is 1. The summed E-state index contributed by atoms with van der Waals surface area (Å²) in [5, 5.41) is 0. The molecule has 2 aromatic rings. The molecule has 0 bridgehead atoms. The molecule has 0 aliphatic heterocycles. The van der Waals surface area contributed by atoms with Gasteiger partial charge in [-0.2, -0.15) is 0 Å². The summed E-state index contributed by atoms with van der Waals surface area (Å²) in [4.78, 5) is 11.9. The van der Waals surface area contributed by atoms with Crippen LogP contribution in [-0.4, -0.2) is 10.3 Å². The zero-order valence-corrected chi connectivity index (χ0v) is 8.03. The maximum absolute atomic E-state index is 11.4. The van der Waals surface area contributed by atoms with E-state index in [4.69, 9.17) is 4.74 Å². The van der Waals surface area contributed by atoms with Gasteiger partial charge < -0.3 is 4.74 Å². The van der Waals surface area contributed by atoms with Crippen molar-refractivity contribution in [3.8, 4) is 5.75 Å². The average molecular weight is 205 g/mol. The molecule has 1 heterocycles. The van der Waals surface area contributed by atoms with Crippen LogP contribution >= 0.6 is 11.5 Å². The van der Waals surface area contributed by atoms with Crippen LogP contribution < -0.4 is 4.74 Å². The molecule has 0 aliphatic rings. The molecule has 3 nitrogen and oxygen atoms in total. The summed E-state index contributed by atoms with van der Waals surface area (Å²) < 4.78 is 8.92.